The van der Waals surface area contributed by atoms with Crippen molar-refractivity contribution < 1.29 is 14.3 Å². The molecule has 0 N–H and O–H groups in total. The van der Waals surface area contributed by atoms with Crippen LogP contribution in [0.3, 0.4) is 0 Å². The summed E-state index contributed by atoms with van der Waals surface area (Å²) < 4.78 is 6.32. The van der Waals surface area contributed by atoms with Crippen LogP contribution in [0.4, 0.5) is 5.69 Å². The molecule has 2 aromatic rings. The van der Waals surface area contributed by atoms with Crippen molar-refractivity contribution in [2.75, 3.05) is 18.1 Å². The van der Waals surface area contributed by atoms with Crippen molar-refractivity contribution in [2.45, 2.75) is 6.42 Å². The minimum Gasteiger partial charge on any atom is -0.483 e. The van der Waals surface area contributed by atoms with Crippen LogP contribution >= 0.6 is 15.9 Å². The third kappa shape index (κ3) is 2.90. The SMILES string of the molecule is O=Cc1cc(Br)ccc1OCC(=O)N1CCc2ccccc21. The Bertz CT molecular complexity index is 730. The van der Waals surface area contributed by atoms with E-state index in [9.17, 15) is 9.59 Å². The van der Waals surface area contributed by atoms with E-state index in [0.717, 1.165) is 22.9 Å². The summed E-state index contributed by atoms with van der Waals surface area (Å²) in [7, 11) is 0. The van der Waals surface area contributed by atoms with Crippen LogP contribution in [0.5, 0.6) is 5.75 Å². The number of benzene rings is 2. The van der Waals surface area contributed by atoms with E-state index in [1.165, 1.54) is 5.56 Å². The number of aldehydes is 1. The zero-order valence-corrected chi connectivity index (χ0v) is 13.4. The number of amides is 1. The number of rotatable bonds is 4. The average Bonchev–Trinajstić information content (AvgIpc) is 2.97. The largest absolute Gasteiger partial charge is 0.483 e. The molecule has 5 heteroatoms. The molecule has 0 bridgehead atoms. The number of carbonyl (C=O) groups excluding carboxylic acids is 2. The zero-order valence-electron chi connectivity index (χ0n) is 11.8. The van der Waals surface area contributed by atoms with E-state index in [0.29, 0.717) is 17.9 Å². The summed E-state index contributed by atoms with van der Waals surface area (Å²) in [6.07, 6.45) is 1.58. The van der Waals surface area contributed by atoms with Crippen molar-refractivity contribution in [3.05, 3.63) is 58.1 Å². The fourth-order valence-electron chi connectivity index (χ4n) is 2.56. The summed E-state index contributed by atoms with van der Waals surface area (Å²) in [5, 5.41) is 0. The van der Waals surface area contributed by atoms with E-state index in [1.54, 1.807) is 23.1 Å². The molecule has 22 heavy (non-hydrogen) atoms. The molecule has 0 fully saturated rings. The van der Waals surface area contributed by atoms with E-state index >= 15 is 0 Å². The Kier molecular flexibility index (Phi) is 4.24. The number of halogens is 1. The molecule has 1 heterocycles. The Labute approximate surface area is 136 Å². The van der Waals surface area contributed by atoms with Gasteiger partial charge in [0, 0.05) is 16.7 Å². The van der Waals surface area contributed by atoms with Crippen LogP contribution in [0.1, 0.15) is 15.9 Å². The monoisotopic (exact) mass is 359 g/mol. The zero-order chi connectivity index (χ0) is 15.5. The predicted molar refractivity (Wildman–Crippen MR) is 87.5 cm³/mol. The molecule has 0 saturated carbocycles. The highest BCUT2D eigenvalue weighted by atomic mass is 79.9. The number of anilines is 1. The Balaban J connectivity index is 1.70. The smallest absolute Gasteiger partial charge is 0.264 e. The number of hydrogen-bond donors (Lipinski definition) is 0. The second-order valence-corrected chi connectivity index (χ2v) is 5.93. The third-order valence-electron chi connectivity index (χ3n) is 3.64. The summed E-state index contributed by atoms with van der Waals surface area (Å²) in [5.74, 6) is 0.309. The van der Waals surface area contributed by atoms with Gasteiger partial charge in [0.15, 0.2) is 12.9 Å². The Morgan fingerprint density at radius 2 is 2.09 bits per heavy atom. The lowest BCUT2D eigenvalue weighted by Crippen LogP contribution is -2.33. The molecule has 0 unspecified atom stereocenters. The lowest BCUT2D eigenvalue weighted by Gasteiger charge is -2.18. The lowest BCUT2D eigenvalue weighted by molar-refractivity contribution is -0.120. The second-order valence-electron chi connectivity index (χ2n) is 5.01. The van der Waals surface area contributed by atoms with Gasteiger partial charge in [-0.2, -0.15) is 0 Å². The first-order valence-electron chi connectivity index (χ1n) is 6.95. The van der Waals surface area contributed by atoms with E-state index in [1.807, 2.05) is 24.3 Å². The molecular formula is C17H14BrNO3. The van der Waals surface area contributed by atoms with E-state index < -0.39 is 0 Å². The fourth-order valence-corrected chi connectivity index (χ4v) is 2.94. The summed E-state index contributed by atoms with van der Waals surface area (Å²) in [4.78, 5) is 25.1. The topological polar surface area (TPSA) is 46.6 Å². The van der Waals surface area contributed by atoms with Crippen molar-refractivity contribution in [3.63, 3.8) is 0 Å². The first-order valence-corrected chi connectivity index (χ1v) is 7.74. The molecule has 0 atom stereocenters. The maximum Gasteiger partial charge on any atom is 0.264 e. The van der Waals surface area contributed by atoms with Crippen LogP contribution in [0.2, 0.25) is 0 Å². The lowest BCUT2D eigenvalue weighted by atomic mass is 10.2. The Hall–Kier alpha value is -2.14. The standard InChI is InChI=1S/C17H14BrNO3/c18-14-5-6-16(13(9-14)10-20)22-11-17(21)19-8-7-12-3-1-2-4-15(12)19/h1-6,9-10H,7-8,11H2. The van der Waals surface area contributed by atoms with E-state index in [2.05, 4.69) is 15.9 Å². The highest BCUT2D eigenvalue weighted by molar-refractivity contribution is 9.10. The first kappa shape index (κ1) is 14.8. The molecule has 0 aromatic heterocycles. The van der Waals surface area contributed by atoms with E-state index in [4.69, 9.17) is 4.74 Å². The number of hydrogen-bond acceptors (Lipinski definition) is 3. The van der Waals surface area contributed by atoms with Gasteiger partial charge in [-0.05, 0) is 36.2 Å². The van der Waals surface area contributed by atoms with Gasteiger partial charge in [0.25, 0.3) is 5.91 Å². The molecule has 1 aliphatic heterocycles. The van der Waals surface area contributed by atoms with Gasteiger partial charge in [0.1, 0.15) is 5.75 Å². The number of ether oxygens (including phenoxy) is 1. The Morgan fingerprint density at radius 3 is 2.91 bits per heavy atom. The van der Waals surface area contributed by atoms with Crippen molar-refractivity contribution in [3.8, 4) is 5.75 Å². The van der Waals surface area contributed by atoms with Crippen molar-refractivity contribution >= 4 is 33.8 Å². The van der Waals surface area contributed by atoms with Crippen molar-refractivity contribution in [2.24, 2.45) is 0 Å². The molecule has 0 spiro atoms. The maximum atomic E-state index is 12.4. The molecule has 112 valence electrons. The van der Waals surface area contributed by atoms with Crippen LogP contribution in [0, 0.1) is 0 Å². The average molecular weight is 360 g/mol. The van der Waals surface area contributed by atoms with Crippen LogP contribution in [0.15, 0.2) is 46.9 Å². The summed E-state index contributed by atoms with van der Waals surface area (Å²) in [6.45, 7) is 0.583. The van der Waals surface area contributed by atoms with Crippen molar-refractivity contribution in [1.82, 2.24) is 0 Å². The van der Waals surface area contributed by atoms with Crippen LogP contribution < -0.4 is 9.64 Å². The Morgan fingerprint density at radius 1 is 1.27 bits per heavy atom. The van der Waals surface area contributed by atoms with Gasteiger partial charge in [0.2, 0.25) is 0 Å². The fraction of sp³-hybridized carbons (Fsp3) is 0.176. The summed E-state index contributed by atoms with van der Waals surface area (Å²) in [6, 6.07) is 13.0. The van der Waals surface area contributed by atoms with Crippen LogP contribution in [-0.2, 0) is 11.2 Å². The van der Waals surface area contributed by atoms with Gasteiger partial charge in [-0.25, -0.2) is 0 Å². The molecule has 0 radical (unpaired) electrons. The van der Waals surface area contributed by atoms with Gasteiger partial charge in [-0.3, -0.25) is 9.59 Å². The molecular weight excluding hydrogens is 346 g/mol. The van der Waals surface area contributed by atoms with Gasteiger partial charge >= 0.3 is 0 Å². The first-order chi connectivity index (χ1) is 10.7. The molecule has 2 aromatic carbocycles. The number of carbonyl (C=O) groups is 2. The predicted octanol–water partition coefficient (Wildman–Crippen LogP) is 3.23. The number of nitrogens with zero attached hydrogens (tertiary/aromatic N) is 1. The quantitative estimate of drug-likeness (QED) is 0.787. The highest BCUT2D eigenvalue weighted by Crippen LogP contribution is 2.28. The molecule has 0 aliphatic carbocycles. The molecule has 1 aliphatic rings. The summed E-state index contributed by atoms with van der Waals surface area (Å²) in [5.41, 5.74) is 2.54. The van der Waals surface area contributed by atoms with E-state index in [-0.39, 0.29) is 12.5 Å². The maximum absolute atomic E-state index is 12.4. The minimum atomic E-state index is -0.107. The summed E-state index contributed by atoms with van der Waals surface area (Å²) >= 11 is 3.30. The van der Waals surface area contributed by atoms with Gasteiger partial charge in [-0.15, -0.1) is 0 Å². The third-order valence-corrected chi connectivity index (χ3v) is 4.13. The minimum absolute atomic E-state index is 0.0865. The normalized spacial score (nSPS) is 12.9. The van der Waals surface area contributed by atoms with Crippen LogP contribution in [0.25, 0.3) is 0 Å². The second kappa shape index (κ2) is 6.32. The van der Waals surface area contributed by atoms with Crippen LogP contribution in [-0.4, -0.2) is 25.3 Å². The molecule has 4 nitrogen and oxygen atoms in total. The molecule has 0 saturated heterocycles. The van der Waals surface area contributed by atoms with Gasteiger partial charge in [0.05, 0.1) is 5.56 Å². The molecule has 3 rings (SSSR count). The number of fused-ring (bicyclic) bond motifs is 1. The molecule has 1 amide bonds. The number of para-hydroxylation sites is 1. The van der Waals surface area contributed by atoms with Gasteiger partial charge < -0.3 is 9.64 Å². The van der Waals surface area contributed by atoms with Crippen molar-refractivity contribution in [1.29, 1.82) is 0 Å². The highest BCUT2D eigenvalue weighted by Gasteiger charge is 2.24. The van der Waals surface area contributed by atoms with Gasteiger partial charge in [-0.1, -0.05) is 34.1 Å².